The molecule has 0 spiro atoms. The average molecular weight is 395 g/mol. The molecule has 3 N–H and O–H groups in total. The number of carbonyl (C=O) groups is 1. The van der Waals surface area contributed by atoms with Gasteiger partial charge in [-0.1, -0.05) is 6.92 Å². The Morgan fingerprint density at radius 2 is 1.96 bits per heavy atom. The van der Waals surface area contributed by atoms with E-state index < -0.39 is 10.0 Å². The first kappa shape index (κ1) is 19.0. The fourth-order valence-electron chi connectivity index (χ4n) is 2.87. The molecule has 0 unspecified atom stereocenters. The predicted octanol–water partition coefficient (Wildman–Crippen LogP) is 2.16. The highest BCUT2D eigenvalue weighted by atomic mass is 32.2. The van der Waals surface area contributed by atoms with Crippen LogP contribution >= 0.6 is 11.3 Å². The van der Waals surface area contributed by atoms with Gasteiger partial charge in [-0.15, -0.1) is 11.3 Å². The average Bonchev–Trinajstić information content (AvgIpc) is 3.11. The van der Waals surface area contributed by atoms with Crippen molar-refractivity contribution in [2.24, 2.45) is 0 Å². The van der Waals surface area contributed by atoms with Gasteiger partial charge < -0.3 is 5.32 Å². The quantitative estimate of drug-likeness (QED) is 0.697. The molecule has 0 saturated carbocycles. The number of nitrogens with zero attached hydrogens (tertiary/aromatic N) is 1. The zero-order valence-electron chi connectivity index (χ0n) is 14.5. The highest BCUT2D eigenvalue weighted by Crippen LogP contribution is 2.31. The van der Waals surface area contributed by atoms with Gasteiger partial charge in [-0.2, -0.15) is 0 Å². The molecule has 2 aromatic rings. The number of hydrogen-bond acceptors (Lipinski definition) is 6. The van der Waals surface area contributed by atoms with E-state index in [0.29, 0.717) is 23.2 Å². The second-order valence-electron chi connectivity index (χ2n) is 6.07. The summed E-state index contributed by atoms with van der Waals surface area (Å²) in [4.78, 5) is 18.0. The highest BCUT2D eigenvalue weighted by molar-refractivity contribution is 7.89. The van der Waals surface area contributed by atoms with Crippen LogP contribution in [0, 0.1) is 0 Å². The molecule has 1 aromatic carbocycles. The molecule has 0 radical (unpaired) electrons. The number of thiazole rings is 1. The molecule has 26 heavy (non-hydrogen) atoms. The Kier molecular flexibility index (Phi) is 6.02. The van der Waals surface area contributed by atoms with Crippen LogP contribution in [0.4, 0.5) is 5.13 Å². The SMILES string of the molecule is CCNS(=O)(=O)c1ccc(C(=O)Nc2ncc(C3CCNCC3)s2)cc1. The minimum atomic E-state index is -3.52. The van der Waals surface area contributed by atoms with Crippen molar-refractivity contribution in [1.82, 2.24) is 15.0 Å². The lowest BCUT2D eigenvalue weighted by Gasteiger charge is -2.20. The maximum Gasteiger partial charge on any atom is 0.257 e. The maximum absolute atomic E-state index is 12.4. The fourth-order valence-corrected chi connectivity index (χ4v) is 4.89. The van der Waals surface area contributed by atoms with Crippen molar-refractivity contribution >= 4 is 32.4 Å². The molecule has 3 rings (SSSR count). The van der Waals surface area contributed by atoms with E-state index in [4.69, 9.17) is 0 Å². The number of amides is 1. The van der Waals surface area contributed by atoms with Crippen LogP contribution in [-0.2, 0) is 10.0 Å². The second-order valence-corrected chi connectivity index (χ2v) is 8.90. The summed E-state index contributed by atoms with van der Waals surface area (Å²) < 4.78 is 26.3. The number of benzene rings is 1. The Hall–Kier alpha value is -1.81. The summed E-state index contributed by atoms with van der Waals surface area (Å²) in [5.74, 6) is 0.193. The van der Waals surface area contributed by atoms with Crippen molar-refractivity contribution in [2.75, 3.05) is 25.0 Å². The molecular formula is C17H22N4O3S2. The van der Waals surface area contributed by atoms with E-state index in [9.17, 15) is 13.2 Å². The minimum absolute atomic E-state index is 0.137. The minimum Gasteiger partial charge on any atom is -0.317 e. The Morgan fingerprint density at radius 1 is 1.27 bits per heavy atom. The van der Waals surface area contributed by atoms with Gasteiger partial charge in [0.25, 0.3) is 5.91 Å². The van der Waals surface area contributed by atoms with Gasteiger partial charge in [-0.05, 0) is 56.1 Å². The van der Waals surface area contributed by atoms with E-state index in [2.05, 4.69) is 20.3 Å². The Bertz CT molecular complexity index is 856. The number of aromatic nitrogens is 1. The van der Waals surface area contributed by atoms with Gasteiger partial charge in [0.05, 0.1) is 4.90 Å². The lowest BCUT2D eigenvalue weighted by molar-refractivity contribution is 0.102. The summed E-state index contributed by atoms with van der Waals surface area (Å²) >= 11 is 1.50. The van der Waals surface area contributed by atoms with Crippen LogP contribution < -0.4 is 15.4 Å². The first-order valence-corrected chi connectivity index (χ1v) is 10.9. The standard InChI is InChI=1S/C17H22N4O3S2/c1-2-20-26(23,24)14-5-3-13(4-6-14)16(22)21-17-19-11-15(25-17)12-7-9-18-10-8-12/h3-6,11-12,18,20H,2,7-10H2,1H3,(H,19,21,22). The van der Waals surface area contributed by atoms with E-state index in [1.54, 1.807) is 6.92 Å². The molecule has 1 aliphatic heterocycles. The van der Waals surface area contributed by atoms with Gasteiger partial charge in [-0.25, -0.2) is 18.1 Å². The molecular weight excluding hydrogens is 372 g/mol. The monoisotopic (exact) mass is 394 g/mol. The van der Waals surface area contributed by atoms with Crippen LogP contribution in [0.2, 0.25) is 0 Å². The van der Waals surface area contributed by atoms with Crippen LogP contribution in [0.5, 0.6) is 0 Å². The first-order valence-electron chi connectivity index (χ1n) is 8.57. The molecule has 0 atom stereocenters. The number of carbonyl (C=O) groups excluding carboxylic acids is 1. The van der Waals surface area contributed by atoms with E-state index >= 15 is 0 Å². The van der Waals surface area contributed by atoms with Gasteiger partial charge >= 0.3 is 0 Å². The Morgan fingerprint density at radius 3 is 2.62 bits per heavy atom. The molecule has 1 amide bonds. The molecule has 1 fully saturated rings. The van der Waals surface area contributed by atoms with E-state index in [1.807, 2.05) is 6.20 Å². The summed E-state index contributed by atoms with van der Waals surface area (Å²) in [6.45, 7) is 4.04. The number of nitrogens with one attached hydrogen (secondary N) is 3. The van der Waals surface area contributed by atoms with Crippen LogP contribution in [0.25, 0.3) is 0 Å². The van der Waals surface area contributed by atoms with Crippen LogP contribution in [-0.4, -0.2) is 38.9 Å². The van der Waals surface area contributed by atoms with E-state index in [0.717, 1.165) is 25.9 Å². The zero-order valence-corrected chi connectivity index (χ0v) is 16.1. The van der Waals surface area contributed by atoms with Crippen molar-refractivity contribution in [2.45, 2.75) is 30.6 Å². The summed E-state index contributed by atoms with van der Waals surface area (Å²) in [6, 6.07) is 5.85. The molecule has 1 aliphatic rings. The molecule has 9 heteroatoms. The first-order chi connectivity index (χ1) is 12.5. The van der Waals surface area contributed by atoms with E-state index in [-0.39, 0.29) is 10.8 Å². The number of rotatable bonds is 6. The van der Waals surface area contributed by atoms with Crippen molar-refractivity contribution in [1.29, 1.82) is 0 Å². The highest BCUT2D eigenvalue weighted by Gasteiger charge is 2.19. The molecule has 1 saturated heterocycles. The van der Waals surface area contributed by atoms with Crippen molar-refractivity contribution in [3.63, 3.8) is 0 Å². The Labute approximate surface area is 157 Å². The van der Waals surface area contributed by atoms with Gasteiger partial charge in [-0.3, -0.25) is 10.1 Å². The zero-order chi connectivity index (χ0) is 18.6. The van der Waals surface area contributed by atoms with E-state index in [1.165, 1.54) is 40.5 Å². The summed E-state index contributed by atoms with van der Waals surface area (Å²) in [5.41, 5.74) is 0.388. The molecule has 2 heterocycles. The fraction of sp³-hybridized carbons (Fsp3) is 0.412. The molecule has 0 bridgehead atoms. The topological polar surface area (TPSA) is 100 Å². The summed E-state index contributed by atoms with van der Waals surface area (Å²) in [5, 5.41) is 6.69. The lowest BCUT2D eigenvalue weighted by Crippen LogP contribution is -2.26. The van der Waals surface area contributed by atoms with Gasteiger partial charge in [0, 0.05) is 23.2 Å². The van der Waals surface area contributed by atoms with Crippen molar-refractivity contribution < 1.29 is 13.2 Å². The summed E-state index contributed by atoms with van der Waals surface area (Å²) in [6.07, 6.45) is 4.00. The molecule has 7 nitrogen and oxygen atoms in total. The number of hydrogen-bond donors (Lipinski definition) is 3. The van der Waals surface area contributed by atoms with Gasteiger partial charge in [0.1, 0.15) is 0 Å². The van der Waals surface area contributed by atoms with Crippen molar-refractivity contribution in [3.05, 3.63) is 40.9 Å². The largest absolute Gasteiger partial charge is 0.317 e. The van der Waals surface area contributed by atoms with Gasteiger partial charge in [0.15, 0.2) is 5.13 Å². The second kappa shape index (κ2) is 8.26. The molecule has 1 aromatic heterocycles. The van der Waals surface area contributed by atoms with Gasteiger partial charge in [0.2, 0.25) is 10.0 Å². The van der Waals surface area contributed by atoms with Crippen LogP contribution in [0.3, 0.4) is 0 Å². The number of piperidine rings is 1. The lowest BCUT2D eigenvalue weighted by atomic mass is 9.97. The Balaban J connectivity index is 1.66. The number of anilines is 1. The third-order valence-electron chi connectivity index (χ3n) is 4.25. The number of sulfonamides is 1. The smallest absolute Gasteiger partial charge is 0.257 e. The molecule has 0 aliphatic carbocycles. The normalized spacial score (nSPS) is 15.7. The summed E-state index contributed by atoms with van der Waals surface area (Å²) in [7, 11) is -3.52. The van der Waals surface area contributed by atoms with Crippen molar-refractivity contribution in [3.8, 4) is 0 Å². The third-order valence-corrected chi connectivity index (χ3v) is 6.88. The maximum atomic E-state index is 12.4. The van der Waals surface area contributed by atoms with Crippen LogP contribution in [0.1, 0.15) is 40.9 Å². The predicted molar refractivity (Wildman–Crippen MR) is 102 cm³/mol. The molecule has 140 valence electrons. The third kappa shape index (κ3) is 4.47. The van der Waals surface area contributed by atoms with Crippen LogP contribution in [0.15, 0.2) is 35.4 Å².